The third-order valence-electron chi connectivity index (χ3n) is 6.55. The van der Waals surface area contributed by atoms with Gasteiger partial charge in [-0.2, -0.15) is 0 Å². The number of aliphatic hydroxyl groups excluding tert-OH is 3. The van der Waals surface area contributed by atoms with Gasteiger partial charge >= 0.3 is 11.9 Å². The zero-order valence-electron chi connectivity index (χ0n) is 25.6. The molecule has 20 nitrogen and oxygen atoms in total. The van der Waals surface area contributed by atoms with Crippen LogP contribution in [0.3, 0.4) is 0 Å². The van der Waals surface area contributed by atoms with Crippen molar-refractivity contribution in [3.8, 4) is 0 Å². The van der Waals surface area contributed by atoms with E-state index in [-0.39, 0.29) is 25.5 Å². The number of ether oxygens (including phenoxy) is 1. The summed E-state index contributed by atoms with van der Waals surface area (Å²) in [4.78, 5) is 94.8. The first-order valence-electron chi connectivity index (χ1n) is 14.1. The van der Waals surface area contributed by atoms with Gasteiger partial charge in [-0.1, -0.05) is 0 Å². The predicted octanol–water partition coefficient (Wildman–Crippen LogP) is -5.42. The van der Waals surface area contributed by atoms with Gasteiger partial charge in [0.15, 0.2) is 0 Å². The van der Waals surface area contributed by atoms with Crippen LogP contribution in [0.25, 0.3) is 0 Å². The molecule has 0 spiro atoms. The van der Waals surface area contributed by atoms with Gasteiger partial charge in [-0.25, -0.2) is 9.59 Å². The number of hydrogen-bond donors (Lipinski definition) is 11. The van der Waals surface area contributed by atoms with Crippen LogP contribution in [0.5, 0.6) is 0 Å². The topological polar surface area (TPSA) is 347 Å². The number of carboxylic acids is 2. The second kappa shape index (κ2) is 20.7. The molecule has 0 aromatic carbocycles. The number of primary amides is 1. The summed E-state index contributed by atoms with van der Waals surface area (Å²) in [6.07, 6.45) is -7.68. The van der Waals surface area contributed by atoms with E-state index in [4.69, 9.17) is 21.3 Å². The second-order valence-electron chi connectivity index (χ2n) is 10.4. The molecular weight excluding hydrogens is 620 g/mol. The van der Waals surface area contributed by atoms with Gasteiger partial charge in [0.25, 0.3) is 0 Å². The number of aldehydes is 1. The fourth-order valence-electron chi connectivity index (χ4n) is 3.86. The van der Waals surface area contributed by atoms with Crippen LogP contribution < -0.4 is 32.7 Å². The van der Waals surface area contributed by atoms with Crippen molar-refractivity contribution in [2.24, 2.45) is 11.5 Å². The Morgan fingerprint density at radius 3 is 1.89 bits per heavy atom. The van der Waals surface area contributed by atoms with Crippen LogP contribution in [-0.4, -0.2) is 135 Å². The molecule has 0 saturated heterocycles. The number of aliphatic carboxylic acids is 2. The number of amides is 5. The predicted molar refractivity (Wildman–Crippen MR) is 154 cm³/mol. The van der Waals surface area contributed by atoms with E-state index in [0.29, 0.717) is 0 Å². The standard InChI is InChI=1S/C26H44N6O14/c1-11(29-24(41)12(2)46-21(20(38)18(36)10-34)17(9-33)30-13(3)35)23(40)32-16(26(44)45)7-8-19(37)31-15(25(42)43)6-4-5-14(27)22(28)39/h9,11-12,14-18,20-21,34,36,38H,4-8,10,27H2,1-3H3,(H2,28,39)(H,29,41)(H,30,35)(H,31,37)(H,32,40)(H,42,43)(H,44,45). The maximum atomic E-state index is 12.7. The third-order valence-corrected chi connectivity index (χ3v) is 6.55. The van der Waals surface area contributed by atoms with Gasteiger partial charge in [-0.15, -0.1) is 0 Å². The van der Waals surface area contributed by atoms with Crippen LogP contribution in [-0.2, 0) is 43.1 Å². The number of aliphatic hydroxyl groups is 3. The molecule has 46 heavy (non-hydrogen) atoms. The number of rotatable bonds is 23. The van der Waals surface area contributed by atoms with Gasteiger partial charge in [0.05, 0.1) is 12.6 Å². The summed E-state index contributed by atoms with van der Waals surface area (Å²) in [6, 6.07) is -6.93. The highest BCUT2D eigenvalue weighted by atomic mass is 16.5. The summed E-state index contributed by atoms with van der Waals surface area (Å²) >= 11 is 0. The molecule has 0 saturated carbocycles. The summed E-state index contributed by atoms with van der Waals surface area (Å²) in [7, 11) is 0. The molecule has 5 amide bonds. The van der Waals surface area contributed by atoms with Crippen molar-refractivity contribution < 1.29 is 68.6 Å². The van der Waals surface area contributed by atoms with E-state index in [2.05, 4.69) is 21.3 Å². The molecule has 13 N–H and O–H groups in total. The lowest BCUT2D eigenvalue weighted by Gasteiger charge is -2.32. The van der Waals surface area contributed by atoms with Crippen molar-refractivity contribution >= 4 is 47.8 Å². The van der Waals surface area contributed by atoms with E-state index in [0.717, 1.165) is 13.8 Å². The van der Waals surface area contributed by atoms with Gasteiger partial charge in [0.2, 0.25) is 29.5 Å². The van der Waals surface area contributed by atoms with Crippen molar-refractivity contribution in [3.05, 3.63) is 0 Å². The van der Waals surface area contributed by atoms with Gasteiger partial charge in [-0.3, -0.25) is 24.0 Å². The summed E-state index contributed by atoms with van der Waals surface area (Å²) in [5, 5.41) is 56.9. The highest BCUT2D eigenvalue weighted by molar-refractivity contribution is 5.91. The molecule has 0 aromatic rings. The Balaban J connectivity index is 5.24. The van der Waals surface area contributed by atoms with Gasteiger partial charge < -0.3 is 67.8 Å². The van der Waals surface area contributed by atoms with Gasteiger partial charge in [0.1, 0.15) is 54.9 Å². The number of nitrogens with two attached hydrogens (primary N) is 2. The molecule has 0 aliphatic rings. The van der Waals surface area contributed by atoms with Crippen molar-refractivity contribution in [2.75, 3.05) is 6.61 Å². The minimum Gasteiger partial charge on any atom is -0.480 e. The Hall–Kier alpha value is -4.24. The summed E-state index contributed by atoms with van der Waals surface area (Å²) in [5.74, 6) is -7.24. The molecule has 9 atom stereocenters. The normalized spacial score (nSPS) is 16.9. The van der Waals surface area contributed by atoms with Crippen molar-refractivity contribution in [1.82, 2.24) is 21.3 Å². The molecule has 262 valence electrons. The molecule has 0 aliphatic carbocycles. The quantitative estimate of drug-likeness (QED) is 0.0454. The van der Waals surface area contributed by atoms with Crippen molar-refractivity contribution in [1.29, 1.82) is 0 Å². The van der Waals surface area contributed by atoms with Crippen LogP contribution in [0, 0.1) is 0 Å². The summed E-state index contributed by atoms with van der Waals surface area (Å²) < 4.78 is 5.39. The Morgan fingerprint density at radius 2 is 1.41 bits per heavy atom. The van der Waals surface area contributed by atoms with Crippen LogP contribution in [0.15, 0.2) is 0 Å². The minimum absolute atomic E-state index is 0.0768. The highest BCUT2D eigenvalue weighted by Gasteiger charge is 2.37. The number of hydrogen-bond acceptors (Lipinski definition) is 13. The van der Waals surface area contributed by atoms with Crippen LogP contribution in [0.2, 0.25) is 0 Å². The molecule has 0 rings (SSSR count). The fraction of sp³-hybridized carbons (Fsp3) is 0.692. The fourth-order valence-corrected chi connectivity index (χ4v) is 3.86. The lowest BCUT2D eigenvalue weighted by molar-refractivity contribution is -0.158. The average molecular weight is 665 g/mol. The lowest BCUT2D eigenvalue weighted by atomic mass is 10.0. The maximum Gasteiger partial charge on any atom is 0.326 e. The Labute approximate surface area is 263 Å². The summed E-state index contributed by atoms with van der Waals surface area (Å²) in [5.41, 5.74) is 10.5. The zero-order valence-corrected chi connectivity index (χ0v) is 25.6. The largest absolute Gasteiger partial charge is 0.480 e. The minimum atomic E-state index is -1.94. The first-order chi connectivity index (χ1) is 21.4. The maximum absolute atomic E-state index is 12.7. The molecular formula is C26H44N6O14. The first-order valence-corrected chi connectivity index (χ1v) is 14.1. The SMILES string of the molecule is CC(=O)NC(C=O)C(OC(C)C(=O)NC(C)C(=O)NC(CCC(=O)NC(CCCC(N)C(N)=O)C(=O)O)C(=O)O)C(O)C(O)CO. The third kappa shape index (κ3) is 15.2. The molecule has 9 unspecified atom stereocenters. The first kappa shape index (κ1) is 41.8. The molecule has 20 heteroatoms. The lowest BCUT2D eigenvalue weighted by Crippen LogP contribution is -2.57. The van der Waals surface area contributed by atoms with Crippen LogP contribution >= 0.6 is 0 Å². The van der Waals surface area contributed by atoms with E-state index in [1.54, 1.807) is 0 Å². The molecule has 0 aromatic heterocycles. The highest BCUT2D eigenvalue weighted by Crippen LogP contribution is 2.13. The number of nitrogens with one attached hydrogen (secondary N) is 4. The molecule has 0 bridgehead atoms. The van der Waals surface area contributed by atoms with E-state index in [1.807, 2.05) is 0 Å². The molecule has 0 fully saturated rings. The van der Waals surface area contributed by atoms with Gasteiger partial charge in [0, 0.05) is 13.3 Å². The van der Waals surface area contributed by atoms with E-state index in [1.165, 1.54) is 6.92 Å². The van der Waals surface area contributed by atoms with E-state index < -0.39 is 116 Å². The van der Waals surface area contributed by atoms with Crippen molar-refractivity contribution in [3.63, 3.8) is 0 Å². The van der Waals surface area contributed by atoms with E-state index in [9.17, 15) is 58.8 Å². The van der Waals surface area contributed by atoms with Crippen LogP contribution in [0.4, 0.5) is 0 Å². The number of carbonyl (C=O) groups excluding carboxylic acids is 6. The Morgan fingerprint density at radius 1 is 0.848 bits per heavy atom. The smallest absolute Gasteiger partial charge is 0.326 e. The van der Waals surface area contributed by atoms with Gasteiger partial charge in [-0.05, 0) is 39.5 Å². The molecule has 0 aliphatic heterocycles. The molecule has 0 heterocycles. The Kier molecular flexibility index (Phi) is 18.8. The van der Waals surface area contributed by atoms with E-state index >= 15 is 0 Å². The second-order valence-corrected chi connectivity index (χ2v) is 10.4. The average Bonchev–Trinajstić information content (AvgIpc) is 2.98. The monoisotopic (exact) mass is 664 g/mol. The number of carbonyl (C=O) groups is 8. The number of carboxylic acid groups (broad SMARTS) is 2. The molecule has 0 radical (unpaired) electrons. The van der Waals surface area contributed by atoms with Crippen molar-refractivity contribution in [2.45, 2.75) is 108 Å². The summed E-state index contributed by atoms with van der Waals surface area (Å²) in [6.45, 7) is 2.43. The Bertz CT molecular complexity index is 1090. The van der Waals surface area contributed by atoms with Crippen LogP contribution in [0.1, 0.15) is 52.9 Å². The zero-order chi connectivity index (χ0) is 35.7.